The highest BCUT2D eigenvalue weighted by atomic mass is 35.5. The second-order valence-corrected chi connectivity index (χ2v) is 4.67. The first-order valence-electron chi connectivity index (χ1n) is 6.60. The van der Waals surface area contributed by atoms with Crippen LogP contribution in [0.15, 0.2) is 18.2 Å². The molecule has 1 heterocycles. The van der Waals surface area contributed by atoms with E-state index < -0.39 is 6.67 Å². The molecule has 1 aromatic rings. The standard InChI is InChI=1S/C14H20F2N2O.ClH/c1-19-14-3-2-11(16)10-12(14)13(4-5-15)18-8-6-17-7-9-18;/h2-3,10,13,17H,4-9H2,1H3;1H/t13-;/m1./s1. The van der Waals surface area contributed by atoms with Crippen LogP contribution >= 0.6 is 12.4 Å². The van der Waals surface area contributed by atoms with Crippen molar-refractivity contribution in [3.05, 3.63) is 29.6 Å². The molecule has 0 aromatic heterocycles. The molecule has 1 N–H and O–H groups in total. The molecule has 0 saturated carbocycles. The maximum atomic E-state index is 13.5. The third-order valence-electron chi connectivity index (χ3n) is 3.53. The molecule has 0 amide bonds. The largest absolute Gasteiger partial charge is 0.496 e. The first-order valence-corrected chi connectivity index (χ1v) is 6.60. The van der Waals surface area contributed by atoms with Gasteiger partial charge < -0.3 is 10.1 Å². The molecule has 114 valence electrons. The number of nitrogens with one attached hydrogen (secondary N) is 1. The van der Waals surface area contributed by atoms with E-state index in [-0.39, 0.29) is 24.3 Å². The Bertz CT molecular complexity index is 414. The predicted molar refractivity (Wildman–Crippen MR) is 78.0 cm³/mol. The van der Waals surface area contributed by atoms with E-state index in [4.69, 9.17) is 4.74 Å². The molecule has 0 aliphatic carbocycles. The van der Waals surface area contributed by atoms with E-state index in [1.807, 2.05) is 0 Å². The summed E-state index contributed by atoms with van der Waals surface area (Å²) >= 11 is 0. The number of benzene rings is 1. The van der Waals surface area contributed by atoms with Crippen molar-refractivity contribution in [1.29, 1.82) is 0 Å². The minimum Gasteiger partial charge on any atom is -0.496 e. The van der Waals surface area contributed by atoms with E-state index in [1.165, 1.54) is 12.1 Å². The minimum atomic E-state index is -0.422. The Labute approximate surface area is 124 Å². The van der Waals surface area contributed by atoms with Crippen LogP contribution in [0.5, 0.6) is 5.75 Å². The molecule has 3 nitrogen and oxygen atoms in total. The summed E-state index contributed by atoms with van der Waals surface area (Å²) in [7, 11) is 1.56. The summed E-state index contributed by atoms with van der Waals surface area (Å²) < 4.78 is 31.6. The summed E-state index contributed by atoms with van der Waals surface area (Å²) in [5, 5.41) is 3.26. The van der Waals surface area contributed by atoms with Crippen molar-refractivity contribution >= 4 is 12.4 Å². The molecule has 20 heavy (non-hydrogen) atoms. The molecular formula is C14H21ClF2N2O. The van der Waals surface area contributed by atoms with Gasteiger partial charge in [0, 0.05) is 37.8 Å². The Morgan fingerprint density at radius 3 is 2.65 bits per heavy atom. The number of hydrogen-bond donors (Lipinski definition) is 1. The average molecular weight is 307 g/mol. The van der Waals surface area contributed by atoms with Crippen LogP contribution in [0.4, 0.5) is 8.78 Å². The van der Waals surface area contributed by atoms with Gasteiger partial charge in [0.1, 0.15) is 11.6 Å². The van der Waals surface area contributed by atoms with E-state index >= 15 is 0 Å². The van der Waals surface area contributed by atoms with Gasteiger partial charge in [0.25, 0.3) is 0 Å². The molecule has 1 fully saturated rings. The summed E-state index contributed by atoms with van der Waals surface area (Å²) in [6.07, 6.45) is 0.361. The van der Waals surface area contributed by atoms with Crippen LogP contribution in [0, 0.1) is 5.82 Å². The summed E-state index contributed by atoms with van der Waals surface area (Å²) in [5.74, 6) is 0.313. The summed E-state index contributed by atoms with van der Waals surface area (Å²) in [6, 6.07) is 4.31. The number of nitrogens with zero attached hydrogens (tertiary/aromatic N) is 1. The number of alkyl halides is 1. The Balaban J connectivity index is 0.00000200. The van der Waals surface area contributed by atoms with Crippen molar-refractivity contribution in [3.63, 3.8) is 0 Å². The highest BCUT2D eigenvalue weighted by Gasteiger charge is 2.25. The van der Waals surface area contributed by atoms with Crippen LogP contribution in [-0.2, 0) is 0 Å². The van der Waals surface area contributed by atoms with E-state index in [2.05, 4.69) is 10.2 Å². The van der Waals surface area contributed by atoms with E-state index in [9.17, 15) is 8.78 Å². The van der Waals surface area contributed by atoms with E-state index in [0.29, 0.717) is 12.2 Å². The van der Waals surface area contributed by atoms with Crippen LogP contribution < -0.4 is 10.1 Å². The predicted octanol–water partition coefficient (Wildman–Crippen LogP) is 2.56. The fourth-order valence-corrected chi connectivity index (χ4v) is 2.60. The monoisotopic (exact) mass is 306 g/mol. The highest BCUT2D eigenvalue weighted by Crippen LogP contribution is 2.32. The first-order chi connectivity index (χ1) is 9.26. The SMILES string of the molecule is COc1ccc(F)cc1[C@@H](CCF)N1CCNCC1.Cl. The van der Waals surface area contributed by atoms with Gasteiger partial charge in [0.15, 0.2) is 0 Å². The van der Waals surface area contributed by atoms with Gasteiger partial charge in [-0.05, 0) is 24.6 Å². The quantitative estimate of drug-likeness (QED) is 0.905. The van der Waals surface area contributed by atoms with Gasteiger partial charge in [-0.15, -0.1) is 12.4 Å². The lowest BCUT2D eigenvalue weighted by molar-refractivity contribution is 0.154. The van der Waals surface area contributed by atoms with Crippen molar-refractivity contribution < 1.29 is 13.5 Å². The van der Waals surface area contributed by atoms with Crippen LogP contribution in [0.1, 0.15) is 18.0 Å². The Morgan fingerprint density at radius 1 is 1.35 bits per heavy atom. The van der Waals surface area contributed by atoms with Gasteiger partial charge in [0.05, 0.1) is 13.8 Å². The molecular weight excluding hydrogens is 286 g/mol. The van der Waals surface area contributed by atoms with Crippen LogP contribution in [0.3, 0.4) is 0 Å². The fraction of sp³-hybridized carbons (Fsp3) is 0.571. The zero-order chi connectivity index (χ0) is 13.7. The molecule has 0 spiro atoms. The summed E-state index contributed by atoms with van der Waals surface area (Å²) in [4.78, 5) is 2.19. The van der Waals surface area contributed by atoms with Crippen LogP contribution in [0.2, 0.25) is 0 Å². The number of ether oxygens (including phenoxy) is 1. The number of piperazine rings is 1. The summed E-state index contributed by atoms with van der Waals surface area (Å²) in [6.45, 7) is 3.00. The average Bonchev–Trinajstić information content (AvgIpc) is 2.45. The first kappa shape index (κ1) is 17.1. The molecule has 2 rings (SSSR count). The molecule has 1 aliphatic heterocycles. The second kappa shape index (κ2) is 8.39. The van der Waals surface area contributed by atoms with Crippen LogP contribution in [0.25, 0.3) is 0 Å². The van der Waals surface area contributed by atoms with Gasteiger partial charge in [-0.2, -0.15) is 0 Å². The zero-order valence-electron chi connectivity index (χ0n) is 11.6. The fourth-order valence-electron chi connectivity index (χ4n) is 2.60. The lowest BCUT2D eigenvalue weighted by Crippen LogP contribution is -2.45. The molecule has 1 aromatic carbocycles. The van der Waals surface area contributed by atoms with E-state index in [1.54, 1.807) is 13.2 Å². The smallest absolute Gasteiger partial charge is 0.123 e. The second-order valence-electron chi connectivity index (χ2n) is 4.67. The summed E-state index contributed by atoms with van der Waals surface area (Å²) in [5.41, 5.74) is 0.738. The molecule has 1 atom stereocenters. The maximum Gasteiger partial charge on any atom is 0.123 e. The van der Waals surface area contributed by atoms with Gasteiger partial charge in [0.2, 0.25) is 0 Å². The van der Waals surface area contributed by atoms with Crippen molar-refractivity contribution in [1.82, 2.24) is 10.2 Å². The minimum absolute atomic E-state index is 0. The lowest BCUT2D eigenvalue weighted by atomic mass is 10.0. The van der Waals surface area contributed by atoms with Gasteiger partial charge in [-0.1, -0.05) is 0 Å². The highest BCUT2D eigenvalue weighted by molar-refractivity contribution is 5.85. The van der Waals surface area contributed by atoms with Crippen molar-refractivity contribution in [2.75, 3.05) is 40.0 Å². The van der Waals surface area contributed by atoms with Crippen LogP contribution in [-0.4, -0.2) is 44.9 Å². The zero-order valence-corrected chi connectivity index (χ0v) is 12.4. The molecule has 1 aliphatic rings. The van der Waals surface area contributed by atoms with E-state index in [0.717, 1.165) is 31.7 Å². The number of hydrogen-bond acceptors (Lipinski definition) is 3. The van der Waals surface area contributed by atoms with Gasteiger partial charge in [-0.25, -0.2) is 4.39 Å². The van der Waals surface area contributed by atoms with Gasteiger partial charge in [-0.3, -0.25) is 9.29 Å². The number of methoxy groups -OCH3 is 1. The Hall–Kier alpha value is -0.910. The third-order valence-corrected chi connectivity index (χ3v) is 3.53. The maximum absolute atomic E-state index is 13.5. The normalized spacial score (nSPS) is 17.4. The molecule has 0 radical (unpaired) electrons. The number of rotatable bonds is 5. The molecule has 0 unspecified atom stereocenters. The lowest BCUT2D eigenvalue weighted by Gasteiger charge is -2.35. The topological polar surface area (TPSA) is 24.5 Å². The van der Waals surface area contributed by atoms with Crippen molar-refractivity contribution in [2.24, 2.45) is 0 Å². The third kappa shape index (κ3) is 4.04. The Morgan fingerprint density at radius 2 is 2.05 bits per heavy atom. The van der Waals surface area contributed by atoms with Crippen molar-refractivity contribution in [2.45, 2.75) is 12.5 Å². The Kier molecular flexibility index (Phi) is 7.19. The van der Waals surface area contributed by atoms with Gasteiger partial charge >= 0.3 is 0 Å². The van der Waals surface area contributed by atoms with Crippen molar-refractivity contribution in [3.8, 4) is 5.75 Å². The molecule has 1 saturated heterocycles. The number of halogens is 3. The molecule has 0 bridgehead atoms. The molecule has 6 heteroatoms.